The molecule has 0 atom stereocenters. The van der Waals surface area contributed by atoms with Gasteiger partial charge in [0, 0.05) is 12.7 Å². The van der Waals surface area contributed by atoms with Gasteiger partial charge < -0.3 is 10.1 Å². The summed E-state index contributed by atoms with van der Waals surface area (Å²) in [5, 5.41) is 6.82. The first kappa shape index (κ1) is 12.9. The Hall–Kier alpha value is -3.10. The van der Waals surface area contributed by atoms with Crippen molar-refractivity contribution in [2.24, 2.45) is 0 Å². The fourth-order valence-corrected chi connectivity index (χ4v) is 1.54. The van der Waals surface area contributed by atoms with E-state index in [4.69, 9.17) is 4.74 Å². The van der Waals surface area contributed by atoms with Gasteiger partial charge >= 0.3 is 6.01 Å². The van der Waals surface area contributed by atoms with Gasteiger partial charge in [0.25, 0.3) is 5.95 Å². The fourth-order valence-electron chi connectivity index (χ4n) is 1.54. The molecule has 0 aliphatic carbocycles. The summed E-state index contributed by atoms with van der Waals surface area (Å²) in [4.78, 5) is 20.5. The molecule has 0 saturated carbocycles. The van der Waals surface area contributed by atoms with Gasteiger partial charge in [-0.25, -0.2) is 4.98 Å². The van der Waals surface area contributed by atoms with Gasteiger partial charge in [0.1, 0.15) is 18.4 Å². The molecule has 0 unspecified atom stereocenters. The Morgan fingerprint density at radius 3 is 2.76 bits per heavy atom. The lowest BCUT2D eigenvalue weighted by Crippen LogP contribution is -2.08. The molecule has 9 heteroatoms. The van der Waals surface area contributed by atoms with Crippen LogP contribution < -0.4 is 10.1 Å². The van der Waals surface area contributed by atoms with Crippen LogP contribution in [0.25, 0.3) is 5.95 Å². The van der Waals surface area contributed by atoms with Crippen molar-refractivity contribution < 1.29 is 4.74 Å². The number of ether oxygens (including phenoxy) is 1. The summed E-state index contributed by atoms with van der Waals surface area (Å²) in [6.45, 7) is 1.90. The van der Waals surface area contributed by atoms with Crippen LogP contribution in [0.4, 0.5) is 5.95 Å². The smallest absolute Gasteiger partial charge is 0.328 e. The second-order valence-corrected chi connectivity index (χ2v) is 4.07. The van der Waals surface area contributed by atoms with Crippen molar-refractivity contribution in [1.29, 1.82) is 0 Å². The quantitative estimate of drug-likeness (QED) is 0.756. The molecule has 0 aliphatic rings. The van der Waals surface area contributed by atoms with E-state index in [0.29, 0.717) is 17.6 Å². The van der Waals surface area contributed by atoms with E-state index in [2.05, 4.69) is 35.3 Å². The molecule has 0 aromatic carbocycles. The second-order valence-electron chi connectivity index (χ2n) is 4.07. The maximum atomic E-state index is 5.59. The topological polar surface area (TPSA) is 104 Å². The average Bonchev–Trinajstić information content (AvgIpc) is 3.04. The molecular weight excluding hydrogens is 272 g/mol. The molecule has 0 fully saturated rings. The highest BCUT2D eigenvalue weighted by Gasteiger charge is 2.10. The maximum absolute atomic E-state index is 5.59. The zero-order chi connectivity index (χ0) is 14.7. The summed E-state index contributed by atoms with van der Waals surface area (Å²) >= 11 is 0. The number of nitrogens with zero attached hydrogens (tertiary/aromatic N) is 7. The Kier molecular flexibility index (Phi) is 3.37. The van der Waals surface area contributed by atoms with Crippen LogP contribution in [-0.4, -0.2) is 41.7 Å². The SMILES string of the molecule is CNc1nc(Oc2ccc(C)nc2)nc(-n2cncn2)n1. The lowest BCUT2D eigenvalue weighted by molar-refractivity contribution is 0.436. The van der Waals surface area contributed by atoms with Gasteiger partial charge in [-0.1, -0.05) is 0 Å². The monoisotopic (exact) mass is 284 g/mol. The lowest BCUT2D eigenvalue weighted by Gasteiger charge is -2.07. The number of nitrogens with one attached hydrogen (secondary N) is 1. The lowest BCUT2D eigenvalue weighted by atomic mass is 10.4. The highest BCUT2D eigenvalue weighted by Crippen LogP contribution is 2.18. The molecule has 0 amide bonds. The molecule has 3 heterocycles. The summed E-state index contributed by atoms with van der Waals surface area (Å²) in [6.07, 6.45) is 4.49. The predicted molar refractivity (Wildman–Crippen MR) is 73.3 cm³/mol. The third kappa shape index (κ3) is 2.91. The van der Waals surface area contributed by atoms with Gasteiger partial charge in [-0.2, -0.15) is 24.7 Å². The first-order chi connectivity index (χ1) is 10.2. The van der Waals surface area contributed by atoms with Crippen LogP contribution in [0.15, 0.2) is 31.0 Å². The van der Waals surface area contributed by atoms with Crippen LogP contribution in [0.3, 0.4) is 0 Å². The van der Waals surface area contributed by atoms with Gasteiger partial charge in [0.05, 0.1) is 6.20 Å². The number of pyridine rings is 1. The number of hydrogen-bond donors (Lipinski definition) is 1. The Balaban J connectivity index is 1.94. The number of aromatic nitrogens is 7. The molecule has 1 N–H and O–H groups in total. The standard InChI is InChI=1S/C12H12N8O/c1-8-3-4-9(5-15-8)21-12-18-10(13-2)17-11(19-12)20-7-14-6-16-20/h3-7H,1-2H3,(H,13,17,18,19). The van der Waals surface area contributed by atoms with Crippen molar-refractivity contribution in [2.75, 3.05) is 12.4 Å². The number of hydrogen-bond acceptors (Lipinski definition) is 8. The second kappa shape index (κ2) is 5.49. The minimum atomic E-state index is 0.144. The van der Waals surface area contributed by atoms with E-state index in [1.54, 1.807) is 19.3 Å². The van der Waals surface area contributed by atoms with Crippen LogP contribution in [0, 0.1) is 6.92 Å². The van der Waals surface area contributed by atoms with Crippen LogP contribution in [0.1, 0.15) is 5.69 Å². The normalized spacial score (nSPS) is 10.4. The minimum absolute atomic E-state index is 0.144. The Bertz CT molecular complexity index is 726. The van der Waals surface area contributed by atoms with Crippen molar-refractivity contribution in [2.45, 2.75) is 6.92 Å². The van der Waals surface area contributed by atoms with E-state index in [-0.39, 0.29) is 6.01 Å². The highest BCUT2D eigenvalue weighted by atomic mass is 16.5. The molecule has 0 spiro atoms. The molecule has 0 aliphatic heterocycles. The number of anilines is 1. The van der Waals surface area contributed by atoms with Crippen molar-refractivity contribution in [3.05, 3.63) is 36.7 Å². The number of aryl methyl sites for hydroxylation is 1. The first-order valence-corrected chi connectivity index (χ1v) is 6.14. The number of rotatable bonds is 4. The van der Waals surface area contributed by atoms with Gasteiger partial charge in [-0.3, -0.25) is 4.98 Å². The van der Waals surface area contributed by atoms with E-state index in [1.807, 2.05) is 13.0 Å². The van der Waals surface area contributed by atoms with Crippen LogP contribution in [0.5, 0.6) is 11.8 Å². The first-order valence-electron chi connectivity index (χ1n) is 6.14. The Morgan fingerprint density at radius 2 is 2.10 bits per heavy atom. The van der Waals surface area contributed by atoms with E-state index < -0.39 is 0 Å². The van der Waals surface area contributed by atoms with Gasteiger partial charge in [0.15, 0.2) is 0 Å². The van der Waals surface area contributed by atoms with Crippen LogP contribution in [0.2, 0.25) is 0 Å². The van der Waals surface area contributed by atoms with Crippen molar-refractivity contribution in [3.8, 4) is 17.7 Å². The zero-order valence-corrected chi connectivity index (χ0v) is 11.4. The summed E-state index contributed by atoms with van der Waals surface area (Å²) in [5.41, 5.74) is 0.900. The summed E-state index contributed by atoms with van der Waals surface area (Å²) in [7, 11) is 1.71. The molecule has 21 heavy (non-hydrogen) atoms. The molecule has 0 saturated heterocycles. The van der Waals surface area contributed by atoms with Gasteiger partial charge in [-0.15, -0.1) is 0 Å². The maximum Gasteiger partial charge on any atom is 0.328 e. The van der Waals surface area contributed by atoms with Crippen molar-refractivity contribution >= 4 is 5.95 Å². The van der Waals surface area contributed by atoms with Gasteiger partial charge in [0.2, 0.25) is 5.95 Å². The Labute approximate surface area is 120 Å². The predicted octanol–water partition coefficient (Wildman–Crippen LogP) is 0.990. The third-order valence-electron chi connectivity index (χ3n) is 2.54. The Morgan fingerprint density at radius 1 is 1.19 bits per heavy atom. The third-order valence-corrected chi connectivity index (χ3v) is 2.54. The van der Waals surface area contributed by atoms with Crippen LogP contribution in [-0.2, 0) is 0 Å². The van der Waals surface area contributed by atoms with E-state index in [9.17, 15) is 0 Å². The van der Waals surface area contributed by atoms with Crippen molar-refractivity contribution in [3.63, 3.8) is 0 Å². The van der Waals surface area contributed by atoms with Gasteiger partial charge in [-0.05, 0) is 19.1 Å². The molecule has 0 radical (unpaired) electrons. The van der Waals surface area contributed by atoms with Crippen LogP contribution >= 0.6 is 0 Å². The molecule has 9 nitrogen and oxygen atoms in total. The summed E-state index contributed by atoms with van der Waals surface area (Å²) in [5.74, 6) is 1.21. The minimum Gasteiger partial charge on any atom is -0.422 e. The molecule has 106 valence electrons. The van der Waals surface area contributed by atoms with E-state index in [0.717, 1.165) is 5.69 Å². The summed E-state index contributed by atoms with van der Waals surface area (Å²) in [6, 6.07) is 3.78. The zero-order valence-electron chi connectivity index (χ0n) is 11.4. The van der Waals surface area contributed by atoms with E-state index in [1.165, 1.54) is 17.3 Å². The molecule has 3 aromatic heterocycles. The average molecular weight is 284 g/mol. The molecule has 0 bridgehead atoms. The highest BCUT2D eigenvalue weighted by molar-refractivity contribution is 5.31. The van der Waals surface area contributed by atoms with Crippen molar-refractivity contribution in [1.82, 2.24) is 34.7 Å². The largest absolute Gasteiger partial charge is 0.422 e. The molecule has 3 rings (SSSR count). The summed E-state index contributed by atoms with van der Waals surface area (Å²) < 4.78 is 7.01. The fraction of sp³-hybridized carbons (Fsp3) is 0.167. The molecular formula is C12H12N8O. The van der Waals surface area contributed by atoms with E-state index >= 15 is 0 Å². The molecule has 3 aromatic rings.